The van der Waals surface area contributed by atoms with Gasteiger partial charge in [-0.05, 0) is 37.9 Å². The Morgan fingerprint density at radius 1 is 1.20 bits per heavy atom. The molecular weight excluding hydrogens is 274 g/mol. The van der Waals surface area contributed by atoms with Crippen molar-refractivity contribution in [3.05, 3.63) is 30.5 Å². The second-order valence-electron chi connectivity index (χ2n) is 4.98. The second kappa shape index (κ2) is 7.41. The summed E-state index contributed by atoms with van der Waals surface area (Å²) in [5.74, 6) is 0.620. The minimum atomic E-state index is 0. The van der Waals surface area contributed by atoms with E-state index >= 15 is 0 Å². The monoisotopic (exact) mass is 293 g/mol. The molecule has 1 fully saturated rings. The number of nitrogens with one attached hydrogen (secondary N) is 1. The molecule has 0 saturated carbocycles. The Morgan fingerprint density at radius 2 is 2.05 bits per heavy atom. The summed E-state index contributed by atoms with van der Waals surface area (Å²) in [7, 11) is 0. The van der Waals surface area contributed by atoms with E-state index in [1.165, 1.54) is 19.3 Å². The number of piperidine rings is 1. The Kier molecular flexibility index (Phi) is 5.56. The van der Waals surface area contributed by atoms with Crippen molar-refractivity contribution in [3.8, 4) is 5.88 Å². The molecule has 20 heavy (non-hydrogen) atoms. The SMILES string of the molecule is Cl.c1ccc2nc(OCCC3CCCCN3)cnc2c1. The van der Waals surface area contributed by atoms with Gasteiger partial charge in [-0.1, -0.05) is 18.6 Å². The Bertz CT molecular complexity index is 543. The molecule has 0 aliphatic carbocycles. The number of ether oxygens (including phenoxy) is 1. The average molecular weight is 294 g/mol. The maximum absolute atomic E-state index is 5.70. The molecule has 1 atom stereocenters. The highest BCUT2D eigenvalue weighted by Gasteiger charge is 2.12. The standard InChI is InChI=1S/C15H19N3O.ClH/c1-2-7-14-13(6-1)17-11-15(18-14)19-10-8-12-5-3-4-9-16-12;/h1-2,6-7,11-12,16H,3-5,8-10H2;1H. The topological polar surface area (TPSA) is 47.0 Å². The van der Waals surface area contributed by atoms with Crippen LogP contribution in [0.5, 0.6) is 5.88 Å². The predicted octanol–water partition coefficient (Wildman–Crippen LogP) is 2.96. The molecule has 108 valence electrons. The quantitative estimate of drug-likeness (QED) is 0.941. The van der Waals surface area contributed by atoms with Gasteiger partial charge in [0.15, 0.2) is 0 Å². The zero-order chi connectivity index (χ0) is 12.9. The number of hydrogen-bond acceptors (Lipinski definition) is 4. The van der Waals surface area contributed by atoms with Crippen molar-refractivity contribution in [1.29, 1.82) is 0 Å². The minimum Gasteiger partial charge on any atom is -0.476 e. The highest BCUT2D eigenvalue weighted by atomic mass is 35.5. The number of rotatable bonds is 4. The molecule has 0 radical (unpaired) electrons. The van der Waals surface area contributed by atoms with Crippen LogP contribution in [0.3, 0.4) is 0 Å². The van der Waals surface area contributed by atoms with Crippen LogP contribution in [0.1, 0.15) is 25.7 Å². The van der Waals surface area contributed by atoms with Gasteiger partial charge in [-0.15, -0.1) is 12.4 Å². The van der Waals surface area contributed by atoms with E-state index < -0.39 is 0 Å². The normalized spacial score (nSPS) is 18.5. The van der Waals surface area contributed by atoms with Gasteiger partial charge < -0.3 is 10.1 Å². The predicted molar refractivity (Wildman–Crippen MR) is 82.5 cm³/mol. The number of hydrogen-bond donors (Lipinski definition) is 1. The van der Waals surface area contributed by atoms with E-state index in [9.17, 15) is 0 Å². The molecule has 1 aromatic heterocycles. The molecule has 2 aromatic rings. The molecule has 5 heteroatoms. The molecule has 1 aliphatic heterocycles. The molecule has 1 unspecified atom stereocenters. The molecular formula is C15H20ClN3O. The van der Waals surface area contributed by atoms with Gasteiger partial charge in [0.2, 0.25) is 5.88 Å². The van der Waals surface area contributed by atoms with Crippen LogP contribution in [0.2, 0.25) is 0 Å². The van der Waals surface area contributed by atoms with Gasteiger partial charge >= 0.3 is 0 Å². The first-order chi connectivity index (χ1) is 9.42. The fourth-order valence-electron chi connectivity index (χ4n) is 2.49. The minimum absolute atomic E-state index is 0. The third-order valence-corrected chi connectivity index (χ3v) is 3.56. The summed E-state index contributed by atoms with van der Waals surface area (Å²) >= 11 is 0. The van der Waals surface area contributed by atoms with Crippen molar-refractivity contribution in [2.75, 3.05) is 13.2 Å². The Labute approximate surface area is 125 Å². The van der Waals surface area contributed by atoms with Crippen molar-refractivity contribution in [2.24, 2.45) is 0 Å². The molecule has 3 rings (SSSR count). The zero-order valence-corrected chi connectivity index (χ0v) is 12.2. The van der Waals surface area contributed by atoms with E-state index in [2.05, 4.69) is 15.3 Å². The van der Waals surface area contributed by atoms with Crippen molar-refractivity contribution in [1.82, 2.24) is 15.3 Å². The summed E-state index contributed by atoms with van der Waals surface area (Å²) in [6, 6.07) is 8.44. The van der Waals surface area contributed by atoms with E-state index in [1.807, 2.05) is 24.3 Å². The van der Waals surface area contributed by atoms with Crippen LogP contribution in [0, 0.1) is 0 Å². The number of aromatic nitrogens is 2. The van der Waals surface area contributed by atoms with Crippen LogP contribution in [0.15, 0.2) is 30.5 Å². The van der Waals surface area contributed by atoms with E-state index in [0.717, 1.165) is 24.0 Å². The smallest absolute Gasteiger partial charge is 0.232 e. The number of para-hydroxylation sites is 2. The first-order valence-corrected chi connectivity index (χ1v) is 7.00. The first kappa shape index (κ1) is 15.0. The fourth-order valence-corrected chi connectivity index (χ4v) is 2.49. The van der Waals surface area contributed by atoms with Crippen molar-refractivity contribution in [3.63, 3.8) is 0 Å². The van der Waals surface area contributed by atoms with Crippen LogP contribution < -0.4 is 10.1 Å². The van der Waals surface area contributed by atoms with Crippen LogP contribution in [-0.2, 0) is 0 Å². The largest absolute Gasteiger partial charge is 0.476 e. The summed E-state index contributed by atoms with van der Waals surface area (Å²) in [5.41, 5.74) is 1.79. The molecule has 4 nitrogen and oxygen atoms in total. The Morgan fingerprint density at radius 3 is 2.85 bits per heavy atom. The third-order valence-electron chi connectivity index (χ3n) is 3.56. The highest BCUT2D eigenvalue weighted by molar-refractivity contribution is 5.85. The van der Waals surface area contributed by atoms with Gasteiger partial charge in [-0.3, -0.25) is 0 Å². The maximum atomic E-state index is 5.70. The Balaban J connectivity index is 0.00000147. The summed E-state index contributed by atoms with van der Waals surface area (Å²) in [5, 5.41) is 3.52. The van der Waals surface area contributed by atoms with Crippen molar-refractivity contribution < 1.29 is 4.74 Å². The van der Waals surface area contributed by atoms with Crippen molar-refractivity contribution in [2.45, 2.75) is 31.7 Å². The second-order valence-corrected chi connectivity index (χ2v) is 4.98. The van der Waals surface area contributed by atoms with Gasteiger partial charge in [-0.25, -0.2) is 9.97 Å². The van der Waals surface area contributed by atoms with E-state index in [4.69, 9.17) is 4.74 Å². The van der Waals surface area contributed by atoms with Gasteiger partial charge in [0.05, 0.1) is 23.8 Å². The lowest BCUT2D eigenvalue weighted by Crippen LogP contribution is -2.35. The molecule has 2 heterocycles. The molecule has 1 aromatic carbocycles. The number of fused-ring (bicyclic) bond motifs is 1. The zero-order valence-electron chi connectivity index (χ0n) is 11.4. The summed E-state index contributed by atoms with van der Waals surface area (Å²) in [4.78, 5) is 8.80. The van der Waals surface area contributed by atoms with E-state index in [-0.39, 0.29) is 12.4 Å². The van der Waals surface area contributed by atoms with Crippen LogP contribution in [-0.4, -0.2) is 29.2 Å². The summed E-state index contributed by atoms with van der Waals surface area (Å²) in [6.45, 7) is 1.84. The lowest BCUT2D eigenvalue weighted by Gasteiger charge is -2.23. The molecule has 0 amide bonds. The molecule has 1 saturated heterocycles. The van der Waals surface area contributed by atoms with Gasteiger partial charge in [-0.2, -0.15) is 0 Å². The van der Waals surface area contributed by atoms with E-state index in [0.29, 0.717) is 18.5 Å². The number of halogens is 1. The fraction of sp³-hybridized carbons (Fsp3) is 0.467. The van der Waals surface area contributed by atoms with Gasteiger partial charge in [0, 0.05) is 6.04 Å². The van der Waals surface area contributed by atoms with Crippen LogP contribution in [0.25, 0.3) is 11.0 Å². The lowest BCUT2D eigenvalue weighted by atomic mass is 10.0. The molecule has 0 bridgehead atoms. The molecule has 1 aliphatic rings. The molecule has 0 spiro atoms. The lowest BCUT2D eigenvalue weighted by molar-refractivity contribution is 0.260. The number of benzene rings is 1. The van der Waals surface area contributed by atoms with Crippen LogP contribution in [0.4, 0.5) is 0 Å². The highest BCUT2D eigenvalue weighted by Crippen LogP contribution is 2.14. The summed E-state index contributed by atoms with van der Waals surface area (Å²) < 4.78 is 5.70. The van der Waals surface area contributed by atoms with Crippen LogP contribution >= 0.6 is 12.4 Å². The summed E-state index contributed by atoms with van der Waals surface area (Å²) in [6.07, 6.45) is 6.62. The Hall–Kier alpha value is -1.39. The average Bonchev–Trinajstić information content (AvgIpc) is 2.48. The van der Waals surface area contributed by atoms with Gasteiger partial charge in [0.1, 0.15) is 0 Å². The number of nitrogens with zero attached hydrogens (tertiary/aromatic N) is 2. The first-order valence-electron chi connectivity index (χ1n) is 7.00. The maximum Gasteiger partial charge on any atom is 0.232 e. The van der Waals surface area contributed by atoms with Gasteiger partial charge in [0.25, 0.3) is 0 Å². The molecule has 1 N–H and O–H groups in total. The third kappa shape index (κ3) is 3.81. The van der Waals surface area contributed by atoms with E-state index in [1.54, 1.807) is 6.20 Å². The van der Waals surface area contributed by atoms with Crippen molar-refractivity contribution >= 4 is 23.4 Å².